The Bertz CT molecular complexity index is 1130. The second-order valence-electron chi connectivity index (χ2n) is 6.15. The molecule has 0 bridgehead atoms. The molecular formula is C20H19N5O6S. The SMILES string of the molecule is COc1ccc(C(=O)NNC(=O)COC(=O)c2sc(-c3ncccn3)nc2C)cc1OC. The number of hydrogen-bond acceptors (Lipinski definition) is 10. The van der Waals surface area contributed by atoms with Crippen LogP contribution in [0.5, 0.6) is 11.5 Å². The van der Waals surface area contributed by atoms with Crippen LogP contribution in [0.25, 0.3) is 10.8 Å². The van der Waals surface area contributed by atoms with Gasteiger partial charge in [0.25, 0.3) is 11.8 Å². The van der Waals surface area contributed by atoms with E-state index in [1.807, 2.05) is 0 Å². The summed E-state index contributed by atoms with van der Waals surface area (Å²) < 4.78 is 15.3. The Kier molecular flexibility index (Phi) is 7.29. The average Bonchev–Trinajstić information content (AvgIpc) is 3.22. The maximum Gasteiger partial charge on any atom is 0.350 e. The summed E-state index contributed by atoms with van der Waals surface area (Å²) in [7, 11) is 2.92. The molecule has 0 radical (unpaired) electrons. The number of aryl methyl sites for hydroxylation is 1. The molecule has 0 aliphatic rings. The third kappa shape index (κ3) is 5.35. The number of rotatable bonds is 7. The number of nitrogens with one attached hydrogen (secondary N) is 2. The van der Waals surface area contributed by atoms with E-state index in [9.17, 15) is 14.4 Å². The lowest BCUT2D eigenvalue weighted by Crippen LogP contribution is -2.43. The van der Waals surface area contributed by atoms with Gasteiger partial charge in [0.2, 0.25) is 0 Å². The summed E-state index contributed by atoms with van der Waals surface area (Å²) in [6, 6.07) is 6.19. The lowest BCUT2D eigenvalue weighted by molar-refractivity contribution is -0.125. The van der Waals surface area contributed by atoms with Crippen molar-refractivity contribution >= 4 is 29.1 Å². The molecule has 0 unspecified atom stereocenters. The molecule has 0 aliphatic heterocycles. The van der Waals surface area contributed by atoms with Gasteiger partial charge in [0.05, 0.1) is 19.9 Å². The second-order valence-corrected chi connectivity index (χ2v) is 7.15. The van der Waals surface area contributed by atoms with E-state index >= 15 is 0 Å². The third-order valence-electron chi connectivity index (χ3n) is 4.03. The molecule has 2 aromatic heterocycles. The Balaban J connectivity index is 1.52. The van der Waals surface area contributed by atoms with Crippen molar-refractivity contribution < 1.29 is 28.6 Å². The molecule has 32 heavy (non-hydrogen) atoms. The quantitative estimate of drug-likeness (QED) is 0.399. The van der Waals surface area contributed by atoms with E-state index in [-0.39, 0.29) is 10.4 Å². The van der Waals surface area contributed by atoms with Crippen LogP contribution in [0, 0.1) is 6.92 Å². The van der Waals surface area contributed by atoms with Crippen LogP contribution in [-0.4, -0.2) is 53.6 Å². The minimum Gasteiger partial charge on any atom is -0.493 e. The van der Waals surface area contributed by atoms with Gasteiger partial charge in [0, 0.05) is 18.0 Å². The van der Waals surface area contributed by atoms with E-state index in [1.54, 1.807) is 31.5 Å². The van der Waals surface area contributed by atoms with E-state index in [0.717, 1.165) is 11.3 Å². The van der Waals surface area contributed by atoms with Crippen LogP contribution in [0.15, 0.2) is 36.7 Å². The molecule has 2 heterocycles. The van der Waals surface area contributed by atoms with Gasteiger partial charge in [-0.1, -0.05) is 0 Å². The molecule has 166 valence electrons. The maximum atomic E-state index is 12.3. The zero-order valence-corrected chi connectivity index (χ0v) is 18.2. The highest BCUT2D eigenvalue weighted by Crippen LogP contribution is 2.27. The topological polar surface area (TPSA) is 142 Å². The molecule has 12 heteroatoms. The summed E-state index contributed by atoms with van der Waals surface area (Å²) in [5, 5.41) is 0.460. The van der Waals surface area contributed by atoms with Gasteiger partial charge >= 0.3 is 5.97 Å². The fourth-order valence-electron chi connectivity index (χ4n) is 2.50. The molecule has 3 aromatic rings. The van der Waals surface area contributed by atoms with Crippen LogP contribution in [-0.2, 0) is 9.53 Å². The highest BCUT2D eigenvalue weighted by atomic mass is 32.1. The van der Waals surface area contributed by atoms with E-state index in [0.29, 0.717) is 28.0 Å². The van der Waals surface area contributed by atoms with Gasteiger partial charge < -0.3 is 14.2 Å². The van der Waals surface area contributed by atoms with Crippen molar-refractivity contribution in [3.63, 3.8) is 0 Å². The van der Waals surface area contributed by atoms with Gasteiger partial charge in [0.15, 0.2) is 28.9 Å². The van der Waals surface area contributed by atoms with E-state index in [1.165, 1.54) is 26.4 Å². The molecule has 0 saturated carbocycles. The van der Waals surface area contributed by atoms with Crippen LogP contribution in [0.3, 0.4) is 0 Å². The van der Waals surface area contributed by atoms with Crippen molar-refractivity contribution in [2.24, 2.45) is 0 Å². The monoisotopic (exact) mass is 457 g/mol. The average molecular weight is 457 g/mol. The minimum absolute atomic E-state index is 0.231. The van der Waals surface area contributed by atoms with Gasteiger partial charge in [-0.3, -0.25) is 20.4 Å². The summed E-state index contributed by atoms with van der Waals surface area (Å²) in [5.41, 5.74) is 5.08. The van der Waals surface area contributed by atoms with Gasteiger partial charge in [-0.25, -0.2) is 19.7 Å². The largest absolute Gasteiger partial charge is 0.493 e. The van der Waals surface area contributed by atoms with E-state index < -0.39 is 24.4 Å². The molecule has 2 amide bonds. The third-order valence-corrected chi connectivity index (χ3v) is 5.17. The number of methoxy groups -OCH3 is 2. The highest BCUT2D eigenvalue weighted by molar-refractivity contribution is 7.16. The first kappa shape index (κ1) is 22.6. The zero-order chi connectivity index (χ0) is 23.1. The van der Waals surface area contributed by atoms with Crippen molar-refractivity contribution in [1.29, 1.82) is 0 Å². The number of carbonyl (C=O) groups excluding carboxylic acids is 3. The first-order valence-corrected chi connectivity index (χ1v) is 9.97. The minimum atomic E-state index is -0.721. The van der Waals surface area contributed by atoms with Crippen molar-refractivity contribution in [3.05, 3.63) is 52.8 Å². The number of nitrogens with zero attached hydrogens (tertiary/aromatic N) is 3. The maximum absolute atomic E-state index is 12.3. The Hall–Kier alpha value is -4.06. The smallest absolute Gasteiger partial charge is 0.350 e. The van der Waals surface area contributed by atoms with Crippen molar-refractivity contribution in [2.45, 2.75) is 6.92 Å². The van der Waals surface area contributed by atoms with Crippen molar-refractivity contribution in [2.75, 3.05) is 20.8 Å². The Morgan fingerprint density at radius 2 is 1.75 bits per heavy atom. The molecular weight excluding hydrogens is 438 g/mol. The fourth-order valence-corrected chi connectivity index (χ4v) is 3.41. The summed E-state index contributed by atoms with van der Waals surface area (Å²) in [6.07, 6.45) is 3.13. The number of ether oxygens (including phenoxy) is 3. The van der Waals surface area contributed by atoms with E-state index in [4.69, 9.17) is 14.2 Å². The summed E-state index contributed by atoms with van der Waals surface area (Å²) >= 11 is 1.06. The Labute approximate surface area is 186 Å². The first-order chi connectivity index (χ1) is 15.4. The molecule has 2 N–H and O–H groups in total. The number of carbonyl (C=O) groups is 3. The van der Waals surface area contributed by atoms with Gasteiger partial charge in [-0.15, -0.1) is 11.3 Å². The molecule has 11 nitrogen and oxygen atoms in total. The van der Waals surface area contributed by atoms with Crippen LogP contribution in [0.1, 0.15) is 25.7 Å². The first-order valence-electron chi connectivity index (χ1n) is 9.16. The second kappa shape index (κ2) is 10.3. The summed E-state index contributed by atoms with van der Waals surface area (Å²) in [5.74, 6) is -0.822. The number of thiazole rings is 1. The number of hydrogen-bond donors (Lipinski definition) is 2. The number of aromatic nitrogens is 3. The summed E-state index contributed by atoms with van der Waals surface area (Å²) in [4.78, 5) is 49.2. The Morgan fingerprint density at radius 1 is 1.03 bits per heavy atom. The van der Waals surface area contributed by atoms with Gasteiger partial charge in [0.1, 0.15) is 4.88 Å². The van der Waals surface area contributed by atoms with E-state index in [2.05, 4.69) is 25.8 Å². The Morgan fingerprint density at radius 3 is 2.44 bits per heavy atom. The molecule has 1 aromatic carbocycles. The van der Waals surface area contributed by atoms with Crippen LogP contribution < -0.4 is 20.3 Å². The molecule has 0 saturated heterocycles. The fraction of sp³-hybridized carbons (Fsp3) is 0.200. The molecule has 0 spiro atoms. The van der Waals surface area contributed by atoms with Crippen LogP contribution in [0.4, 0.5) is 0 Å². The summed E-state index contributed by atoms with van der Waals surface area (Å²) in [6.45, 7) is 1.04. The van der Waals surface area contributed by atoms with Crippen LogP contribution in [0.2, 0.25) is 0 Å². The number of hydrazine groups is 1. The lowest BCUT2D eigenvalue weighted by Gasteiger charge is -2.10. The predicted molar refractivity (Wildman–Crippen MR) is 113 cm³/mol. The normalized spacial score (nSPS) is 10.2. The number of benzene rings is 1. The zero-order valence-electron chi connectivity index (χ0n) is 17.4. The van der Waals surface area contributed by atoms with Gasteiger partial charge in [-0.2, -0.15) is 0 Å². The van der Waals surface area contributed by atoms with Gasteiger partial charge in [-0.05, 0) is 31.2 Å². The highest BCUT2D eigenvalue weighted by Gasteiger charge is 2.20. The molecule has 0 aliphatic carbocycles. The van der Waals surface area contributed by atoms with Crippen LogP contribution >= 0.6 is 11.3 Å². The molecule has 0 atom stereocenters. The molecule has 3 rings (SSSR count). The van der Waals surface area contributed by atoms with Crippen molar-refractivity contribution in [3.8, 4) is 22.3 Å². The number of esters is 1. The lowest BCUT2D eigenvalue weighted by atomic mass is 10.2. The standard InChI is InChI=1S/C20H19N5O6S/c1-11-16(32-19(23-11)17-21-7-4-8-22-17)20(28)31-10-15(26)24-25-18(27)12-5-6-13(29-2)14(9-12)30-3/h4-9H,10H2,1-3H3,(H,24,26)(H,25,27). The molecule has 0 fully saturated rings. The number of amides is 2. The van der Waals surface area contributed by atoms with Crippen molar-refractivity contribution in [1.82, 2.24) is 25.8 Å². The predicted octanol–water partition coefficient (Wildman–Crippen LogP) is 1.54.